The van der Waals surface area contributed by atoms with Crippen molar-refractivity contribution in [1.82, 2.24) is 15.4 Å². The number of hydrogen-bond donors (Lipinski definition) is 1. The molecule has 0 amide bonds. The molecule has 3 rings (SSSR count). The number of rotatable bonds is 3. The summed E-state index contributed by atoms with van der Waals surface area (Å²) in [5.74, 6) is -0.227. The molecule has 3 nitrogen and oxygen atoms in total. The maximum absolute atomic E-state index is 12.8. The third-order valence-corrected chi connectivity index (χ3v) is 2.94. The van der Waals surface area contributed by atoms with E-state index in [-0.39, 0.29) is 5.82 Å². The van der Waals surface area contributed by atoms with Crippen LogP contribution in [0.25, 0.3) is 23.4 Å². The summed E-state index contributed by atoms with van der Waals surface area (Å²) in [5.41, 5.74) is 3.81. The second-order valence-electron chi connectivity index (χ2n) is 4.37. The quantitative estimate of drug-likeness (QED) is 0.732. The van der Waals surface area contributed by atoms with E-state index in [0.717, 1.165) is 22.4 Å². The second kappa shape index (κ2) is 5.48. The van der Waals surface area contributed by atoms with Crippen molar-refractivity contribution in [3.05, 3.63) is 71.7 Å². The first kappa shape index (κ1) is 12.3. The minimum Gasteiger partial charge on any atom is -0.265 e. The third-order valence-electron chi connectivity index (χ3n) is 2.94. The van der Waals surface area contributed by atoms with E-state index >= 15 is 0 Å². The van der Waals surface area contributed by atoms with Gasteiger partial charge in [0.05, 0.1) is 0 Å². The van der Waals surface area contributed by atoms with Gasteiger partial charge in [-0.25, -0.2) is 4.39 Å². The standard InChI is InChI=1S/C16H12FN3/c17-15-8-6-12(7-9-15)4-5-13-2-1-3-14(10-13)16-11-18-20-19-16/h1-11H,(H,18,19,20)/b5-4+. The normalized spacial score (nSPS) is 11.1. The SMILES string of the molecule is Fc1ccc(/C=C/c2cccc(-c3c[nH]nn3)c2)cc1. The summed E-state index contributed by atoms with van der Waals surface area (Å²) in [6.45, 7) is 0. The Morgan fingerprint density at radius 3 is 2.50 bits per heavy atom. The third kappa shape index (κ3) is 2.80. The van der Waals surface area contributed by atoms with Crippen molar-refractivity contribution in [3.63, 3.8) is 0 Å². The van der Waals surface area contributed by atoms with Crippen molar-refractivity contribution in [2.45, 2.75) is 0 Å². The van der Waals surface area contributed by atoms with Crippen LogP contribution in [0.4, 0.5) is 4.39 Å². The van der Waals surface area contributed by atoms with Gasteiger partial charge in [-0.1, -0.05) is 47.7 Å². The Balaban J connectivity index is 1.84. The number of aromatic amines is 1. The number of H-pyrrole nitrogens is 1. The zero-order valence-electron chi connectivity index (χ0n) is 10.6. The molecule has 2 aromatic carbocycles. The smallest absolute Gasteiger partial charge is 0.123 e. The van der Waals surface area contributed by atoms with Gasteiger partial charge in [-0.2, -0.15) is 0 Å². The number of aromatic nitrogens is 3. The predicted octanol–water partition coefficient (Wildman–Crippen LogP) is 3.78. The van der Waals surface area contributed by atoms with Crippen LogP contribution in [0.15, 0.2) is 54.7 Å². The van der Waals surface area contributed by atoms with Crippen LogP contribution in [-0.4, -0.2) is 15.4 Å². The molecule has 1 N–H and O–H groups in total. The number of benzene rings is 2. The van der Waals surface area contributed by atoms with Crippen LogP contribution < -0.4 is 0 Å². The zero-order valence-corrected chi connectivity index (χ0v) is 10.6. The summed E-state index contributed by atoms with van der Waals surface area (Å²) >= 11 is 0. The Morgan fingerprint density at radius 1 is 0.950 bits per heavy atom. The first-order chi connectivity index (χ1) is 9.81. The van der Waals surface area contributed by atoms with Crippen LogP contribution in [0.1, 0.15) is 11.1 Å². The summed E-state index contributed by atoms with van der Waals surface area (Å²) in [6.07, 6.45) is 5.68. The first-order valence-electron chi connectivity index (χ1n) is 6.22. The average Bonchev–Trinajstić information content (AvgIpc) is 3.01. The van der Waals surface area contributed by atoms with Gasteiger partial charge >= 0.3 is 0 Å². The van der Waals surface area contributed by atoms with E-state index in [1.807, 2.05) is 36.4 Å². The summed E-state index contributed by atoms with van der Waals surface area (Å²) in [4.78, 5) is 0. The van der Waals surface area contributed by atoms with Crippen molar-refractivity contribution in [2.24, 2.45) is 0 Å². The summed E-state index contributed by atoms with van der Waals surface area (Å²) in [5, 5.41) is 10.4. The molecule has 0 aliphatic heterocycles. The Kier molecular flexibility index (Phi) is 3.37. The molecule has 4 heteroatoms. The average molecular weight is 265 g/mol. The number of halogens is 1. The lowest BCUT2D eigenvalue weighted by Crippen LogP contribution is -1.80. The van der Waals surface area contributed by atoms with Crippen LogP contribution in [0.2, 0.25) is 0 Å². The molecule has 98 valence electrons. The molecule has 3 aromatic rings. The molecular weight excluding hydrogens is 253 g/mol. The fraction of sp³-hybridized carbons (Fsp3) is 0. The molecule has 0 aliphatic carbocycles. The highest BCUT2D eigenvalue weighted by molar-refractivity contribution is 5.72. The topological polar surface area (TPSA) is 41.6 Å². The van der Waals surface area contributed by atoms with Crippen LogP contribution in [0, 0.1) is 5.82 Å². The highest BCUT2D eigenvalue weighted by Gasteiger charge is 2.00. The van der Waals surface area contributed by atoms with Gasteiger partial charge in [0.15, 0.2) is 0 Å². The fourth-order valence-corrected chi connectivity index (χ4v) is 1.91. The zero-order chi connectivity index (χ0) is 13.8. The molecule has 1 heterocycles. The van der Waals surface area contributed by atoms with Gasteiger partial charge in [-0.05, 0) is 29.3 Å². The van der Waals surface area contributed by atoms with Gasteiger partial charge in [-0.15, -0.1) is 5.10 Å². The predicted molar refractivity (Wildman–Crippen MR) is 77.1 cm³/mol. The van der Waals surface area contributed by atoms with Gasteiger partial charge in [0, 0.05) is 11.8 Å². The Labute approximate surface area is 115 Å². The molecule has 0 radical (unpaired) electrons. The monoisotopic (exact) mass is 265 g/mol. The maximum Gasteiger partial charge on any atom is 0.123 e. The highest BCUT2D eigenvalue weighted by atomic mass is 19.1. The number of nitrogens with zero attached hydrogens (tertiary/aromatic N) is 2. The molecule has 0 saturated carbocycles. The first-order valence-corrected chi connectivity index (χ1v) is 6.22. The van der Waals surface area contributed by atoms with Crippen molar-refractivity contribution in [2.75, 3.05) is 0 Å². The van der Waals surface area contributed by atoms with Crippen LogP contribution >= 0.6 is 0 Å². The van der Waals surface area contributed by atoms with Gasteiger partial charge in [0.25, 0.3) is 0 Å². The van der Waals surface area contributed by atoms with Crippen molar-refractivity contribution >= 4 is 12.2 Å². The Morgan fingerprint density at radius 2 is 1.75 bits per heavy atom. The largest absolute Gasteiger partial charge is 0.265 e. The van der Waals surface area contributed by atoms with Gasteiger partial charge in [-0.3, -0.25) is 5.10 Å². The fourth-order valence-electron chi connectivity index (χ4n) is 1.91. The van der Waals surface area contributed by atoms with Gasteiger partial charge < -0.3 is 0 Å². The van der Waals surface area contributed by atoms with E-state index < -0.39 is 0 Å². The van der Waals surface area contributed by atoms with E-state index in [4.69, 9.17) is 0 Å². The van der Waals surface area contributed by atoms with Crippen LogP contribution in [0.3, 0.4) is 0 Å². The molecule has 0 atom stereocenters. The van der Waals surface area contributed by atoms with E-state index in [2.05, 4.69) is 15.4 Å². The molecule has 0 saturated heterocycles. The van der Waals surface area contributed by atoms with Crippen molar-refractivity contribution in [3.8, 4) is 11.3 Å². The molecule has 1 aromatic heterocycles. The molecule has 0 fully saturated rings. The molecule has 0 spiro atoms. The molecule has 0 unspecified atom stereocenters. The summed E-state index contributed by atoms with van der Waals surface area (Å²) in [6, 6.07) is 14.4. The summed E-state index contributed by atoms with van der Waals surface area (Å²) in [7, 11) is 0. The second-order valence-corrected chi connectivity index (χ2v) is 4.37. The molecule has 0 aliphatic rings. The van der Waals surface area contributed by atoms with Crippen LogP contribution in [0.5, 0.6) is 0 Å². The minimum atomic E-state index is -0.227. The van der Waals surface area contributed by atoms with E-state index in [0.29, 0.717) is 0 Å². The minimum absolute atomic E-state index is 0.227. The lowest BCUT2D eigenvalue weighted by molar-refractivity contribution is 0.628. The van der Waals surface area contributed by atoms with Crippen molar-refractivity contribution in [1.29, 1.82) is 0 Å². The summed E-state index contributed by atoms with van der Waals surface area (Å²) < 4.78 is 12.8. The molecular formula is C16H12FN3. The maximum atomic E-state index is 12.8. The van der Waals surface area contributed by atoms with Crippen molar-refractivity contribution < 1.29 is 4.39 Å². The van der Waals surface area contributed by atoms with Crippen LogP contribution in [-0.2, 0) is 0 Å². The van der Waals surface area contributed by atoms with E-state index in [1.54, 1.807) is 18.3 Å². The van der Waals surface area contributed by atoms with E-state index in [9.17, 15) is 4.39 Å². The number of hydrogen-bond acceptors (Lipinski definition) is 2. The molecule has 20 heavy (non-hydrogen) atoms. The Bertz CT molecular complexity index is 716. The highest BCUT2D eigenvalue weighted by Crippen LogP contribution is 2.18. The Hall–Kier alpha value is -2.75. The lowest BCUT2D eigenvalue weighted by atomic mass is 10.1. The van der Waals surface area contributed by atoms with E-state index in [1.165, 1.54) is 12.1 Å². The van der Waals surface area contributed by atoms with Gasteiger partial charge in [0.1, 0.15) is 11.5 Å². The lowest BCUT2D eigenvalue weighted by Gasteiger charge is -1.98. The van der Waals surface area contributed by atoms with Gasteiger partial charge in [0.2, 0.25) is 0 Å². The molecule has 0 bridgehead atoms. The number of nitrogens with one attached hydrogen (secondary N) is 1.